The Balaban J connectivity index is 1.71. The normalized spacial score (nSPS) is 33.8. The average Bonchev–Trinajstić information content (AvgIpc) is 3.18. The van der Waals surface area contributed by atoms with Crippen LogP contribution < -0.4 is 10.6 Å². The van der Waals surface area contributed by atoms with Gasteiger partial charge in [-0.2, -0.15) is 0 Å². The molecule has 2 aliphatic heterocycles. The quantitative estimate of drug-likeness (QED) is 0.0483. The van der Waals surface area contributed by atoms with E-state index in [1.807, 2.05) is 7.85 Å². The van der Waals surface area contributed by atoms with Gasteiger partial charge in [-0.3, -0.25) is 13.8 Å². The summed E-state index contributed by atoms with van der Waals surface area (Å²) in [7, 11) is 0.348. The molecule has 0 bridgehead atoms. The van der Waals surface area contributed by atoms with Crippen molar-refractivity contribution < 1.29 is 57.6 Å². The number of unbranched alkanes of at least 4 members (excludes halogenated alkanes) is 1. The van der Waals surface area contributed by atoms with E-state index in [0.29, 0.717) is 37.2 Å². The summed E-state index contributed by atoms with van der Waals surface area (Å²) in [5, 5.41) is 35.5. The zero-order valence-electron chi connectivity index (χ0n) is 23.5. The Bertz CT molecular complexity index is 848. The van der Waals surface area contributed by atoms with Crippen LogP contribution in [0.1, 0.15) is 39.0 Å². The molecule has 0 aromatic heterocycles. The van der Waals surface area contributed by atoms with Crippen molar-refractivity contribution in [3.63, 3.8) is 0 Å². The molecule has 0 aromatic rings. The first-order chi connectivity index (χ1) is 18.9. The standard InChI is InChI=1S/C23H44BN2O12PS/c1-13(28)26-18-20(30)19(29)15(11-27)37-23(18)35-10-5-4-8-17(40)25-9-6-7-14-21(38-39(31,32)34-3)16(12-33-2)36-22(14)24/h14-16,18-23,27,29-30H,4-12,24H2,1-3H3,(H,25,40)(H,26,28)(H,31,32)/t14-,15+,16+,18+,19-,20+,21?,22+,23+/m0/s1. The lowest BCUT2D eigenvalue weighted by atomic mass is 9.82. The van der Waals surface area contributed by atoms with E-state index in [9.17, 15) is 29.6 Å². The van der Waals surface area contributed by atoms with Crippen LogP contribution in [-0.2, 0) is 37.4 Å². The number of amides is 1. The van der Waals surface area contributed by atoms with Crippen LogP contribution in [0.2, 0.25) is 0 Å². The van der Waals surface area contributed by atoms with Gasteiger partial charge in [-0.1, -0.05) is 12.2 Å². The number of aliphatic hydroxyl groups excluding tert-OH is 3. The molecule has 2 rings (SSSR count). The molecule has 6 N–H and O–H groups in total. The maximum absolute atomic E-state index is 12.0. The summed E-state index contributed by atoms with van der Waals surface area (Å²) < 4.78 is 44.4. The number of hydrogen-bond donors (Lipinski definition) is 6. The Morgan fingerprint density at radius 1 is 1.12 bits per heavy atom. The second-order valence-corrected chi connectivity index (χ2v) is 12.0. The number of ether oxygens (including phenoxy) is 4. The minimum atomic E-state index is -4.19. The molecule has 0 spiro atoms. The Kier molecular flexibility index (Phi) is 15.4. The highest BCUT2D eigenvalue weighted by Gasteiger charge is 2.46. The monoisotopic (exact) mass is 614 g/mol. The number of phosphoric ester groups is 1. The molecule has 14 nitrogen and oxygen atoms in total. The largest absolute Gasteiger partial charge is 0.472 e. The first-order valence-corrected chi connectivity index (χ1v) is 15.3. The van der Waals surface area contributed by atoms with E-state index in [1.54, 1.807) is 0 Å². The molecule has 2 saturated heterocycles. The summed E-state index contributed by atoms with van der Waals surface area (Å²) in [6.07, 6.45) is -2.53. The minimum Gasteiger partial charge on any atom is -0.394 e. The molecule has 0 aliphatic carbocycles. The molecule has 40 heavy (non-hydrogen) atoms. The number of nitrogens with one attached hydrogen (secondary N) is 2. The van der Waals surface area contributed by atoms with Crippen LogP contribution in [0.3, 0.4) is 0 Å². The third kappa shape index (κ3) is 10.8. The second-order valence-electron chi connectivity index (χ2n) is 9.97. The number of carbonyl (C=O) groups is 1. The molecule has 0 aromatic carbocycles. The fourth-order valence-electron chi connectivity index (χ4n) is 4.89. The summed E-state index contributed by atoms with van der Waals surface area (Å²) in [6, 6.07) is -1.16. The van der Waals surface area contributed by atoms with Gasteiger partial charge >= 0.3 is 7.82 Å². The maximum Gasteiger partial charge on any atom is 0.472 e. The van der Waals surface area contributed by atoms with Crippen molar-refractivity contribution in [2.75, 3.05) is 40.6 Å². The molecule has 2 fully saturated rings. The fourth-order valence-corrected chi connectivity index (χ4v) is 5.82. The Morgan fingerprint density at radius 3 is 2.48 bits per heavy atom. The average molecular weight is 614 g/mol. The van der Waals surface area contributed by atoms with Crippen LogP contribution in [0.25, 0.3) is 0 Å². The van der Waals surface area contributed by atoms with Gasteiger partial charge in [0.2, 0.25) is 5.91 Å². The van der Waals surface area contributed by atoms with E-state index in [2.05, 4.69) is 15.2 Å². The van der Waals surface area contributed by atoms with E-state index in [1.165, 1.54) is 14.0 Å². The van der Waals surface area contributed by atoms with Gasteiger partial charge in [-0.15, -0.1) is 0 Å². The van der Waals surface area contributed by atoms with Crippen LogP contribution in [0.5, 0.6) is 0 Å². The molecule has 0 saturated carbocycles. The van der Waals surface area contributed by atoms with Crippen LogP contribution in [0, 0.1) is 5.92 Å². The molecule has 1 amide bonds. The molecule has 0 radical (unpaired) electrons. The molecule has 2 heterocycles. The van der Waals surface area contributed by atoms with Crippen LogP contribution >= 0.6 is 20.0 Å². The van der Waals surface area contributed by atoms with E-state index in [4.69, 9.17) is 35.7 Å². The maximum atomic E-state index is 12.0. The highest BCUT2D eigenvalue weighted by atomic mass is 32.1. The number of carbonyl (C=O) groups excluding carboxylic acids is 1. The van der Waals surface area contributed by atoms with E-state index >= 15 is 0 Å². The van der Waals surface area contributed by atoms with Crippen LogP contribution in [-0.4, -0.2) is 128 Å². The zero-order chi connectivity index (χ0) is 29.9. The van der Waals surface area contributed by atoms with Gasteiger partial charge in [0.15, 0.2) is 6.29 Å². The van der Waals surface area contributed by atoms with Crippen LogP contribution in [0.4, 0.5) is 0 Å². The highest BCUT2D eigenvalue weighted by Crippen LogP contribution is 2.48. The third-order valence-electron chi connectivity index (χ3n) is 6.96. The van der Waals surface area contributed by atoms with E-state index < -0.39 is 63.2 Å². The van der Waals surface area contributed by atoms with Crippen molar-refractivity contribution in [3.05, 3.63) is 0 Å². The Labute approximate surface area is 241 Å². The Hall–Kier alpha value is -0.745. The summed E-state index contributed by atoms with van der Waals surface area (Å²) in [6.45, 7) is 1.87. The van der Waals surface area contributed by atoms with Gasteiger partial charge in [0.05, 0.1) is 18.2 Å². The molecule has 17 heteroatoms. The van der Waals surface area contributed by atoms with Crippen LogP contribution in [0.15, 0.2) is 0 Å². The van der Waals surface area contributed by atoms with Gasteiger partial charge in [-0.25, -0.2) is 4.57 Å². The van der Waals surface area contributed by atoms with Crippen molar-refractivity contribution >= 4 is 38.8 Å². The summed E-state index contributed by atoms with van der Waals surface area (Å²) in [4.78, 5) is 22.0. The lowest BCUT2D eigenvalue weighted by Gasteiger charge is -2.42. The first-order valence-electron chi connectivity index (χ1n) is 13.4. The van der Waals surface area contributed by atoms with E-state index in [-0.39, 0.29) is 25.1 Å². The number of thiocarbonyl (C=S) groups is 1. The topological polar surface area (TPSA) is 194 Å². The lowest BCUT2D eigenvalue weighted by molar-refractivity contribution is -0.270. The lowest BCUT2D eigenvalue weighted by Crippen LogP contribution is -2.64. The van der Waals surface area contributed by atoms with Gasteiger partial charge in [0.25, 0.3) is 0 Å². The third-order valence-corrected chi connectivity index (χ3v) is 8.28. The smallest absolute Gasteiger partial charge is 0.394 e. The summed E-state index contributed by atoms with van der Waals surface area (Å²) >= 11 is 5.42. The van der Waals surface area contributed by atoms with Gasteiger partial charge in [0.1, 0.15) is 44.4 Å². The molecule has 2 aliphatic rings. The number of rotatable bonds is 17. The van der Waals surface area contributed by atoms with Gasteiger partial charge in [-0.05, 0) is 32.1 Å². The Morgan fingerprint density at radius 2 is 1.85 bits per heavy atom. The van der Waals surface area contributed by atoms with Crippen molar-refractivity contribution in [1.82, 2.24) is 10.6 Å². The van der Waals surface area contributed by atoms with Crippen molar-refractivity contribution in [2.24, 2.45) is 5.92 Å². The van der Waals surface area contributed by atoms with Crippen molar-refractivity contribution in [1.29, 1.82) is 0 Å². The molecule has 2 unspecified atom stereocenters. The zero-order valence-corrected chi connectivity index (χ0v) is 25.2. The highest BCUT2D eigenvalue weighted by molar-refractivity contribution is 7.80. The molecule has 232 valence electrons. The van der Waals surface area contributed by atoms with Gasteiger partial charge < -0.3 is 49.8 Å². The van der Waals surface area contributed by atoms with Crippen molar-refractivity contribution in [3.8, 4) is 0 Å². The minimum absolute atomic E-state index is 0.128. The SMILES string of the molecule is B[C@@H]1O[C@H](COC)C(OP(=O)(O)OC)[C@@H]1CCCNC(=S)CCCCO[C@@H]1O[C@H](CO)[C@H](O)[C@H](O)[C@H]1NC(C)=O. The molecular weight excluding hydrogens is 570 g/mol. The predicted octanol–water partition coefficient (Wildman–Crippen LogP) is -1.43. The number of phosphoric acid groups is 1. The first kappa shape index (κ1) is 35.5. The second kappa shape index (κ2) is 17.4. The molecular formula is C23H44BN2O12PS. The number of aliphatic hydroxyl groups is 3. The summed E-state index contributed by atoms with van der Waals surface area (Å²) in [5.41, 5.74) is 0. The number of methoxy groups -OCH3 is 1. The summed E-state index contributed by atoms with van der Waals surface area (Å²) in [5.74, 6) is -0.542. The van der Waals surface area contributed by atoms with Gasteiger partial charge in [0, 0.05) is 46.2 Å². The predicted molar refractivity (Wildman–Crippen MR) is 149 cm³/mol. The van der Waals surface area contributed by atoms with Crippen molar-refractivity contribution in [2.45, 2.75) is 87.9 Å². The molecule has 10 atom stereocenters. The van der Waals surface area contributed by atoms with E-state index in [0.717, 1.165) is 13.5 Å². The number of hydrogen-bond acceptors (Lipinski definition) is 12. The fraction of sp³-hybridized carbons (Fsp3) is 0.913.